The van der Waals surface area contributed by atoms with Gasteiger partial charge in [-0.25, -0.2) is 9.78 Å². The number of para-hydroxylation sites is 1. The number of piperazine rings is 1. The summed E-state index contributed by atoms with van der Waals surface area (Å²) < 4.78 is 4.90. The molecular weight excluding hydrogens is 701 g/mol. The van der Waals surface area contributed by atoms with Crippen molar-refractivity contribution in [3.8, 4) is 17.9 Å². The van der Waals surface area contributed by atoms with E-state index in [-0.39, 0.29) is 41.9 Å². The summed E-state index contributed by atoms with van der Waals surface area (Å²) in [5, 5.41) is 30.0. The van der Waals surface area contributed by atoms with Gasteiger partial charge in [-0.3, -0.25) is 38.4 Å². The fourth-order valence-electron chi connectivity index (χ4n) is 8.03. The van der Waals surface area contributed by atoms with E-state index in [1.807, 2.05) is 29.0 Å². The largest absolute Gasteiger partial charge is 0.384 e. The molecule has 55 heavy (non-hydrogen) atoms. The highest BCUT2D eigenvalue weighted by Gasteiger charge is 2.33. The van der Waals surface area contributed by atoms with Crippen LogP contribution in [0.5, 0.6) is 0 Å². The van der Waals surface area contributed by atoms with Crippen LogP contribution in [0.3, 0.4) is 0 Å². The summed E-state index contributed by atoms with van der Waals surface area (Å²) in [6.45, 7) is 8.68. The Balaban J connectivity index is 0.909. The van der Waals surface area contributed by atoms with E-state index in [9.17, 15) is 24.3 Å². The first kappa shape index (κ1) is 37.7. The van der Waals surface area contributed by atoms with Crippen LogP contribution in [0, 0.1) is 29.1 Å². The normalized spacial score (nSPS) is 21.1. The lowest BCUT2D eigenvalue weighted by molar-refractivity contribution is -0.135. The van der Waals surface area contributed by atoms with Crippen molar-refractivity contribution in [1.29, 1.82) is 5.26 Å². The quantitative estimate of drug-likeness (QED) is 0.179. The Hall–Kier alpha value is -5.61. The van der Waals surface area contributed by atoms with Crippen molar-refractivity contribution in [2.45, 2.75) is 70.1 Å². The number of carbonyl (C=O) groups excluding carboxylic acids is 3. The molecule has 1 atom stereocenters. The van der Waals surface area contributed by atoms with E-state index in [1.165, 1.54) is 15.2 Å². The molecule has 3 fully saturated rings. The van der Waals surface area contributed by atoms with Crippen molar-refractivity contribution in [2.75, 3.05) is 44.6 Å². The molecule has 3 N–H and O–H groups in total. The first-order valence-electron chi connectivity index (χ1n) is 18.9. The zero-order valence-electron chi connectivity index (χ0n) is 31.4. The lowest BCUT2D eigenvalue weighted by Crippen LogP contribution is -2.48. The van der Waals surface area contributed by atoms with Gasteiger partial charge in [0, 0.05) is 52.4 Å². The SMILES string of the molecule is Cn1c(=O)n(C2CCC(=O)NC2=O)c2cccc(C#CCN3CCN(C[C@H]4CC[C@H](n5cc(NC(=O)c6cccc(C#N)n6)c(C(C)(C)O)n5)CC4)CC3)c21. The van der Waals surface area contributed by atoms with Crippen molar-refractivity contribution < 1.29 is 19.5 Å². The Kier molecular flexibility index (Phi) is 10.7. The molecule has 4 aromatic rings. The summed E-state index contributed by atoms with van der Waals surface area (Å²) in [5.74, 6) is 5.92. The number of rotatable bonds is 8. The molecule has 15 heteroatoms. The van der Waals surface area contributed by atoms with Crippen molar-refractivity contribution in [2.24, 2.45) is 13.0 Å². The first-order valence-corrected chi connectivity index (χ1v) is 18.9. The average molecular weight is 747 g/mol. The molecule has 0 radical (unpaired) electrons. The van der Waals surface area contributed by atoms with Gasteiger partial charge in [-0.05, 0) is 76.1 Å². The molecule has 0 spiro atoms. The number of nitrogens with zero attached hydrogens (tertiary/aromatic N) is 8. The molecule has 7 rings (SSSR count). The first-order chi connectivity index (χ1) is 26.4. The number of piperidine rings is 1. The molecule has 5 heterocycles. The van der Waals surface area contributed by atoms with Crippen LogP contribution in [0.25, 0.3) is 11.0 Å². The molecule has 1 unspecified atom stereocenters. The number of imide groups is 1. The molecule has 3 amide bonds. The Labute approximate surface area is 318 Å². The van der Waals surface area contributed by atoms with Crippen LogP contribution < -0.4 is 16.3 Å². The van der Waals surface area contributed by atoms with E-state index in [2.05, 4.69) is 37.3 Å². The van der Waals surface area contributed by atoms with Crippen LogP contribution in [0.2, 0.25) is 0 Å². The third kappa shape index (κ3) is 8.10. The smallest absolute Gasteiger partial charge is 0.329 e. The summed E-state index contributed by atoms with van der Waals surface area (Å²) in [6, 6.07) is 11.6. The van der Waals surface area contributed by atoms with Gasteiger partial charge in [0.05, 0.1) is 34.9 Å². The predicted molar refractivity (Wildman–Crippen MR) is 204 cm³/mol. The zero-order chi connectivity index (χ0) is 38.9. The van der Waals surface area contributed by atoms with Crippen LogP contribution in [0.4, 0.5) is 5.69 Å². The number of anilines is 1. The summed E-state index contributed by atoms with van der Waals surface area (Å²) in [6.07, 6.45) is 6.28. The van der Waals surface area contributed by atoms with Crippen molar-refractivity contribution in [3.05, 3.63) is 75.7 Å². The number of carbonyl (C=O) groups is 3. The number of nitriles is 1. The van der Waals surface area contributed by atoms with Gasteiger partial charge >= 0.3 is 5.69 Å². The van der Waals surface area contributed by atoms with Crippen LogP contribution in [0.1, 0.15) is 91.9 Å². The summed E-state index contributed by atoms with van der Waals surface area (Å²) >= 11 is 0. The van der Waals surface area contributed by atoms with Crippen molar-refractivity contribution >= 4 is 34.4 Å². The van der Waals surface area contributed by atoms with Gasteiger partial charge in [-0.2, -0.15) is 10.4 Å². The standard InChI is InChI=1S/C40H46N10O5/c1-40(2,55)36-31(43-37(52)30-10-5-9-28(23-41)42-30)25-49(45-36)29-14-12-26(13-15-29)24-48-21-19-47(20-22-48)18-6-8-27-7-4-11-32-35(27)46(3)39(54)50(32)33-16-17-34(51)44-38(33)53/h4-5,7,9-11,25-26,29,33,55H,12-22,24H2,1-3H3,(H,43,52)(H,44,51,53)/t26-,29-,33?. The van der Waals surface area contributed by atoms with Crippen LogP contribution in [-0.2, 0) is 22.2 Å². The minimum atomic E-state index is -1.28. The number of benzene rings is 1. The number of imidazole rings is 1. The third-order valence-electron chi connectivity index (χ3n) is 11.0. The Morgan fingerprint density at radius 3 is 2.45 bits per heavy atom. The Morgan fingerprint density at radius 1 is 1.02 bits per heavy atom. The van der Waals surface area contributed by atoms with E-state index in [0.717, 1.165) is 64.0 Å². The van der Waals surface area contributed by atoms with Gasteiger partial charge in [0.2, 0.25) is 11.8 Å². The minimum Gasteiger partial charge on any atom is -0.384 e. The molecular formula is C40H46N10O5. The van der Waals surface area contributed by atoms with Gasteiger partial charge in [0.15, 0.2) is 0 Å². The lowest BCUT2D eigenvalue weighted by atomic mass is 9.85. The zero-order valence-corrected chi connectivity index (χ0v) is 31.4. The van der Waals surface area contributed by atoms with Gasteiger partial charge in [-0.15, -0.1) is 0 Å². The number of hydrogen-bond donors (Lipinski definition) is 3. The number of aliphatic hydroxyl groups is 1. The highest BCUT2D eigenvalue weighted by molar-refractivity contribution is 6.03. The molecule has 1 aromatic carbocycles. The van der Waals surface area contributed by atoms with Gasteiger partial charge < -0.3 is 15.3 Å². The summed E-state index contributed by atoms with van der Waals surface area (Å²) in [4.78, 5) is 59.5. The maximum absolute atomic E-state index is 13.2. The van der Waals surface area contributed by atoms with Crippen molar-refractivity contribution in [3.63, 3.8) is 0 Å². The molecule has 2 saturated heterocycles. The highest BCUT2D eigenvalue weighted by Crippen LogP contribution is 2.35. The molecule has 2 aliphatic heterocycles. The maximum Gasteiger partial charge on any atom is 0.329 e. The summed E-state index contributed by atoms with van der Waals surface area (Å²) in [5.41, 5.74) is 1.53. The minimum absolute atomic E-state index is 0.117. The molecule has 0 bridgehead atoms. The van der Waals surface area contributed by atoms with Crippen molar-refractivity contribution in [1.82, 2.24) is 39.0 Å². The molecule has 286 valence electrons. The fraction of sp³-hybridized carbons (Fsp3) is 0.475. The van der Waals surface area contributed by atoms with Crippen LogP contribution in [-0.4, -0.2) is 95.8 Å². The molecule has 1 aliphatic carbocycles. The highest BCUT2D eigenvalue weighted by atomic mass is 16.3. The van der Waals surface area contributed by atoms with Gasteiger partial charge in [0.1, 0.15) is 34.8 Å². The number of hydrogen-bond acceptors (Lipinski definition) is 10. The summed E-state index contributed by atoms with van der Waals surface area (Å²) in [7, 11) is 1.69. The predicted octanol–water partition coefficient (Wildman–Crippen LogP) is 2.66. The number of aryl methyl sites for hydroxylation is 1. The van der Waals surface area contributed by atoms with Gasteiger partial charge in [0.25, 0.3) is 5.91 Å². The number of nitrogens with one attached hydrogen (secondary N) is 2. The molecule has 3 aromatic heterocycles. The third-order valence-corrected chi connectivity index (χ3v) is 11.0. The Morgan fingerprint density at radius 2 is 1.75 bits per heavy atom. The van der Waals surface area contributed by atoms with Crippen LogP contribution in [0.15, 0.2) is 47.4 Å². The number of pyridine rings is 1. The maximum atomic E-state index is 13.2. The molecule has 1 saturated carbocycles. The van der Waals surface area contributed by atoms with E-state index in [4.69, 9.17) is 10.4 Å². The van der Waals surface area contributed by atoms with E-state index >= 15 is 0 Å². The number of aromatic nitrogens is 5. The topological polar surface area (TPSA) is 183 Å². The lowest BCUT2D eigenvalue weighted by Gasteiger charge is -2.37. The molecule has 15 nitrogen and oxygen atoms in total. The van der Waals surface area contributed by atoms with E-state index < -0.39 is 23.5 Å². The van der Waals surface area contributed by atoms with Crippen LogP contribution >= 0.6 is 0 Å². The number of amides is 3. The Bertz CT molecular complexity index is 2280. The second-order valence-corrected chi connectivity index (χ2v) is 15.3. The monoisotopic (exact) mass is 746 g/mol. The van der Waals surface area contributed by atoms with E-state index in [1.54, 1.807) is 39.2 Å². The second-order valence-electron chi connectivity index (χ2n) is 15.3. The average Bonchev–Trinajstić information content (AvgIpc) is 3.71. The molecule has 3 aliphatic rings. The van der Waals surface area contributed by atoms with Gasteiger partial charge in [-0.1, -0.05) is 24.0 Å². The fourth-order valence-corrected chi connectivity index (χ4v) is 8.03. The number of fused-ring (bicyclic) bond motifs is 1. The van der Waals surface area contributed by atoms with E-state index in [0.29, 0.717) is 34.9 Å². The second kappa shape index (κ2) is 15.6.